The minimum absolute atomic E-state index is 0.0108. The van der Waals surface area contributed by atoms with E-state index in [1.165, 1.54) is 22.3 Å². The van der Waals surface area contributed by atoms with E-state index in [0.717, 1.165) is 11.2 Å². The fourth-order valence-corrected chi connectivity index (χ4v) is 2.75. The lowest BCUT2D eigenvalue weighted by Gasteiger charge is -1.98. The Morgan fingerprint density at radius 1 is 1.50 bits per heavy atom. The molecule has 0 amide bonds. The van der Waals surface area contributed by atoms with Gasteiger partial charge in [-0.15, -0.1) is 11.3 Å². The van der Waals surface area contributed by atoms with Crippen LogP contribution in [0.3, 0.4) is 0 Å². The van der Waals surface area contributed by atoms with E-state index in [9.17, 15) is 13.2 Å². The van der Waals surface area contributed by atoms with Crippen LogP contribution in [-0.2, 0) is 16.4 Å². The Kier molecular flexibility index (Phi) is 3.63. The van der Waals surface area contributed by atoms with Crippen molar-refractivity contribution in [1.29, 1.82) is 0 Å². The molecule has 5 nitrogen and oxygen atoms in total. The summed E-state index contributed by atoms with van der Waals surface area (Å²) in [7, 11) is -3.03. The number of hydrogen-bond acceptors (Lipinski definition) is 5. The third kappa shape index (κ3) is 3.05. The normalized spacial score (nSPS) is 11.6. The topological polar surface area (TPSA) is 69.0 Å². The molecule has 0 atom stereocenters. The summed E-state index contributed by atoms with van der Waals surface area (Å²) in [6.07, 6.45) is 3.49. The van der Waals surface area contributed by atoms with Gasteiger partial charge in [-0.3, -0.25) is 9.48 Å². The maximum Gasteiger partial charge on any atom is 0.153 e. The molecule has 2 rings (SSSR count). The Labute approximate surface area is 109 Å². The summed E-state index contributed by atoms with van der Waals surface area (Å²) >= 11 is 1.49. The summed E-state index contributed by atoms with van der Waals surface area (Å²) in [5.74, 6) is 0.0108. The molecule has 96 valence electrons. The molecule has 2 aromatic heterocycles. The van der Waals surface area contributed by atoms with E-state index in [-0.39, 0.29) is 12.3 Å². The lowest BCUT2D eigenvalue weighted by atomic mass is 10.2. The maximum atomic E-state index is 11.1. The van der Waals surface area contributed by atoms with Crippen LogP contribution in [0.1, 0.15) is 10.4 Å². The minimum Gasteiger partial charge on any atom is -0.298 e. The van der Waals surface area contributed by atoms with Gasteiger partial charge in [0, 0.05) is 12.5 Å². The zero-order valence-corrected chi connectivity index (χ0v) is 11.4. The largest absolute Gasteiger partial charge is 0.298 e. The average Bonchev–Trinajstić information content (AvgIpc) is 2.94. The Bertz CT molecular complexity index is 642. The Morgan fingerprint density at radius 2 is 2.28 bits per heavy atom. The molecule has 0 fully saturated rings. The lowest BCUT2D eigenvalue weighted by molar-refractivity contribution is 0.112. The van der Waals surface area contributed by atoms with Gasteiger partial charge in [0.25, 0.3) is 0 Å². The number of thiophene rings is 1. The number of sulfone groups is 1. The lowest BCUT2D eigenvalue weighted by Crippen LogP contribution is -2.11. The highest BCUT2D eigenvalue weighted by Crippen LogP contribution is 2.25. The number of aldehydes is 1. The summed E-state index contributed by atoms with van der Waals surface area (Å²) in [6, 6.07) is 3.75. The first-order valence-electron chi connectivity index (χ1n) is 5.24. The highest BCUT2D eigenvalue weighted by atomic mass is 32.2. The van der Waals surface area contributed by atoms with Gasteiger partial charge in [-0.25, -0.2) is 8.42 Å². The van der Waals surface area contributed by atoms with Gasteiger partial charge in [0.1, 0.15) is 15.5 Å². The summed E-state index contributed by atoms with van der Waals surface area (Å²) in [6.45, 7) is 0.255. The van der Waals surface area contributed by atoms with Crippen molar-refractivity contribution < 1.29 is 13.2 Å². The van der Waals surface area contributed by atoms with Gasteiger partial charge in [0.05, 0.1) is 22.7 Å². The molecule has 2 heterocycles. The van der Waals surface area contributed by atoms with Gasteiger partial charge < -0.3 is 0 Å². The summed E-state index contributed by atoms with van der Waals surface area (Å²) < 4.78 is 23.7. The number of aryl methyl sites for hydroxylation is 1. The van der Waals surface area contributed by atoms with Gasteiger partial charge in [-0.2, -0.15) is 5.10 Å². The molecule has 2 aromatic rings. The zero-order valence-electron chi connectivity index (χ0n) is 9.74. The van der Waals surface area contributed by atoms with Crippen molar-refractivity contribution in [3.05, 3.63) is 29.3 Å². The maximum absolute atomic E-state index is 11.1. The number of rotatable bonds is 5. The minimum atomic E-state index is -3.03. The molecule has 0 aliphatic heterocycles. The van der Waals surface area contributed by atoms with E-state index in [2.05, 4.69) is 5.10 Å². The molecule has 0 unspecified atom stereocenters. The Hall–Kier alpha value is -1.47. The van der Waals surface area contributed by atoms with Gasteiger partial charge in [-0.1, -0.05) is 6.07 Å². The fourth-order valence-electron chi connectivity index (χ4n) is 1.50. The van der Waals surface area contributed by atoms with E-state index in [0.29, 0.717) is 11.3 Å². The molecular formula is C11H12N2O3S2. The smallest absolute Gasteiger partial charge is 0.153 e. The molecule has 0 bridgehead atoms. The van der Waals surface area contributed by atoms with E-state index >= 15 is 0 Å². The standard InChI is InChI=1S/C11H12N2O3S2/c1-18(15,16)6-4-13-7-9(8-14)11(12-13)10-3-2-5-17-10/h2-3,5,7-8H,4,6H2,1H3. The van der Waals surface area contributed by atoms with Gasteiger partial charge >= 0.3 is 0 Å². The molecule has 0 saturated heterocycles. The van der Waals surface area contributed by atoms with E-state index in [4.69, 9.17) is 0 Å². The summed E-state index contributed by atoms with van der Waals surface area (Å²) in [5, 5.41) is 6.16. The van der Waals surface area contributed by atoms with Crippen molar-refractivity contribution in [3.63, 3.8) is 0 Å². The van der Waals surface area contributed by atoms with Crippen LogP contribution in [0.15, 0.2) is 23.7 Å². The van der Waals surface area contributed by atoms with E-state index in [1.54, 1.807) is 6.20 Å². The second-order valence-electron chi connectivity index (χ2n) is 3.92. The van der Waals surface area contributed by atoms with E-state index in [1.807, 2.05) is 17.5 Å². The first-order chi connectivity index (χ1) is 8.49. The molecule has 0 aliphatic rings. The number of hydrogen-bond donors (Lipinski definition) is 0. The molecule has 0 radical (unpaired) electrons. The Morgan fingerprint density at radius 3 is 2.83 bits per heavy atom. The van der Waals surface area contributed by atoms with Crippen molar-refractivity contribution in [2.24, 2.45) is 0 Å². The summed E-state index contributed by atoms with van der Waals surface area (Å²) in [5.41, 5.74) is 1.08. The highest BCUT2D eigenvalue weighted by Gasteiger charge is 2.12. The van der Waals surface area contributed by atoms with Crippen LogP contribution < -0.4 is 0 Å². The quantitative estimate of drug-likeness (QED) is 0.780. The fraction of sp³-hybridized carbons (Fsp3) is 0.273. The van der Waals surface area contributed by atoms with Gasteiger partial charge in [0.2, 0.25) is 0 Å². The molecule has 0 spiro atoms. The van der Waals surface area contributed by atoms with Crippen LogP contribution in [0.5, 0.6) is 0 Å². The van der Waals surface area contributed by atoms with Gasteiger partial charge in [0.15, 0.2) is 6.29 Å². The Balaban J connectivity index is 2.27. The predicted molar refractivity (Wildman–Crippen MR) is 70.6 cm³/mol. The number of nitrogens with zero attached hydrogens (tertiary/aromatic N) is 2. The summed E-state index contributed by atoms with van der Waals surface area (Å²) in [4.78, 5) is 11.9. The number of carbonyl (C=O) groups is 1. The van der Waals surface area contributed by atoms with E-state index < -0.39 is 9.84 Å². The second-order valence-corrected chi connectivity index (χ2v) is 7.13. The second kappa shape index (κ2) is 5.03. The van der Waals surface area contributed by atoms with Crippen LogP contribution >= 0.6 is 11.3 Å². The molecule has 0 aromatic carbocycles. The highest BCUT2D eigenvalue weighted by molar-refractivity contribution is 7.90. The van der Waals surface area contributed by atoms with Crippen LogP contribution in [-0.4, -0.2) is 36.5 Å². The number of aromatic nitrogens is 2. The predicted octanol–water partition coefficient (Wildman–Crippen LogP) is 1.47. The molecule has 18 heavy (non-hydrogen) atoms. The van der Waals surface area contributed by atoms with Crippen LogP contribution in [0.2, 0.25) is 0 Å². The molecular weight excluding hydrogens is 272 g/mol. The zero-order chi connectivity index (χ0) is 13.2. The first-order valence-corrected chi connectivity index (χ1v) is 8.18. The van der Waals surface area contributed by atoms with Crippen LogP contribution in [0.4, 0.5) is 0 Å². The van der Waals surface area contributed by atoms with Crippen molar-refractivity contribution in [3.8, 4) is 10.6 Å². The van der Waals surface area contributed by atoms with Gasteiger partial charge in [-0.05, 0) is 11.4 Å². The first kappa shape index (κ1) is 13.0. The van der Waals surface area contributed by atoms with Crippen molar-refractivity contribution in [1.82, 2.24) is 9.78 Å². The van der Waals surface area contributed by atoms with Crippen LogP contribution in [0.25, 0.3) is 10.6 Å². The van der Waals surface area contributed by atoms with Crippen molar-refractivity contribution in [2.75, 3.05) is 12.0 Å². The van der Waals surface area contributed by atoms with Crippen LogP contribution in [0, 0.1) is 0 Å². The van der Waals surface area contributed by atoms with Crippen molar-refractivity contribution in [2.45, 2.75) is 6.54 Å². The van der Waals surface area contributed by atoms with Crippen molar-refractivity contribution >= 4 is 27.5 Å². The molecule has 7 heteroatoms. The molecule has 0 saturated carbocycles. The third-order valence-electron chi connectivity index (χ3n) is 2.36. The average molecular weight is 284 g/mol. The number of carbonyl (C=O) groups excluding carboxylic acids is 1. The SMILES string of the molecule is CS(=O)(=O)CCn1cc(C=O)c(-c2cccs2)n1. The third-order valence-corrected chi connectivity index (χ3v) is 4.16. The molecule has 0 aliphatic carbocycles. The monoisotopic (exact) mass is 284 g/mol. The molecule has 0 N–H and O–H groups in total.